The third-order valence-electron chi connectivity index (χ3n) is 1.51. The van der Waals surface area contributed by atoms with Crippen molar-refractivity contribution < 1.29 is 13.5 Å². The number of ether oxygens (including phenoxy) is 1. The van der Waals surface area contributed by atoms with Crippen molar-refractivity contribution in [3.63, 3.8) is 0 Å². The second kappa shape index (κ2) is 3.38. The van der Waals surface area contributed by atoms with E-state index in [4.69, 9.17) is 0 Å². The van der Waals surface area contributed by atoms with Gasteiger partial charge in [0.2, 0.25) is 0 Å². The van der Waals surface area contributed by atoms with E-state index in [0.29, 0.717) is 0 Å². The first-order chi connectivity index (χ1) is 5.69. The van der Waals surface area contributed by atoms with Gasteiger partial charge in [0.05, 0.1) is 12.8 Å². The van der Waals surface area contributed by atoms with Gasteiger partial charge < -0.3 is 10.1 Å². The van der Waals surface area contributed by atoms with Crippen molar-refractivity contribution in [3.05, 3.63) is 23.8 Å². The Morgan fingerprint density at radius 1 is 1.25 bits per heavy atom. The molecule has 0 amide bonds. The van der Waals surface area contributed by atoms with Crippen molar-refractivity contribution in [1.82, 2.24) is 0 Å². The maximum atomic E-state index is 12.9. The molecule has 0 aliphatic heterocycles. The minimum absolute atomic E-state index is 0.0912. The van der Waals surface area contributed by atoms with Gasteiger partial charge in [-0.05, 0) is 0 Å². The van der Waals surface area contributed by atoms with Crippen molar-refractivity contribution in [2.45, 2.75) is 0 Å². The fraction of sp³-hybridized carbons (Fsp3) is 0.250. The maximum Gasteiger partial charge on any atom is 0.167 e. The van der Waals surface area contributed by atoms with Crippen LogP contribution in [0, 0.1) is 11.6 Å². The molecule has 0 aromatic heterocycles. The van der Waals surface area contributed by atoms with E-state index < -0.39 is 11.6 Å². The number of halogens is 2. The zero-order chi connectivity index (χ0) is 9.14. The number of methoxy groups -OCH3 is 1. The monoisotopic (exact) mass is 173 g/mol. The number of hydrogen-bond donors (Lipinski definition) is 1. The quantitative estimate of drug-likeness (QED) is 0.738. The molecule has 0 saturated heterocycles. The number of hydrogen-bond acceptors (Lipinski definition) is 2. The number of nitrogens with one attached hydrogen (secondary N) is 1. The summed E-state index contributed by atoms with van der Waals surface area (Å²) < 4.78 is 30.4. The zero-order valence-electron chi connectivity index (χ0n) is 6.82. The van der Waals surface area contributed by atoms with Crippen LogP contribution in [0.4, 0.5) is 14.5 Å². The van der Waals surface area contributed by atoms with Crippen LogP contribution in [-0.2, 0) is 0 Å². The maximum absolute atomic E-state index is 12.9. The standard InChI is InChI=1S/C8H9F2NO/c1-11-7-3-6(10)8(12-2)4-5(7)9/h3-4,11H,1-2H3. The summed E-state index contributed by atoms with van der Waals surface area (Å²) in [5.74, 6) is -1.20. The molecule has 0 unspecified atom stereocenters. The van der Waals surface area contributed by atoms with Gasteiger partial charge in [-0.25, -0.2) is 8.78 Å². The van der Waals surface area contributed by atoms with E-state index >= 15 is 0 Å². The van der Waals surface area contributed by atoms with Crippen LogP contribution in [0.5, 0.6) is 5.75 Å². The van der Waals surface area contributed by atoms with E-state index in [2.05, 4.69) is 10.1 Å². The smallest absolute Gasteiger partial charge is 0.167 e. The van der Waals surface area contributed by atoms with Gasteiger partial charge in [0, 0.05) is 19.2 Å². The molecular formula is C8H9F2NO. The summed E-state index contributed by atoms with van der Waals surface area (Å²) >= 11 is 0. The lowest BCUT2D eigenvalue weighted by atomic mass is 10.3. The van der Waals surface area contributed by atoms with Gasteiger partial charge in [-0.15, -0.1) is 0 Å². The summed E-state index contributed by atoms with van der Waals surface area (Å²) in [7, 11) is 2.81. The lowest BCUT2D eigenvalue weighted by Crippen LogP contribution is -1.96. The minimum atomic E-state index is -0.580. The van der Waals surface area contributed by atoms with Crippen LogP contribution in [0.2, 0.25) is 0 Å². The van der Waals surface area contributed by atoms with Crippen LogP contribution in [0.3, 0.4) is 0 Å². The molecule has 0 atom stereocenters. The Morgan fingerprint density at radius 2 is 1.92 bits per heavy atom. The predicted molar refractivity (Wildman–Crippen MR) is 42.5 cm³/mol. The van der Waals surface area contributed by atoms with Gasteiger partial charge in [0.1, 0.15) is 5.82 Å². The summed E-state index contributed by atoms with van der Waals surface area (Å²) in [6.45, 7) is 0. The Balaban J connectivity index is 3.16. The molecule has 0 spiro atoms. The molecule has 0 aliphatic carbocycles. The van der Waals surface area contributed by atoms with E-state index in [1.54, 1.807) is 0 Å². The molecule has 1 N–H and O–H groups in total. The second-order valence-electron chi connectivity index (χ2n) is 2.22. The van der Waals surface area contributed by atoms with E-state index in [0.717, 1.165) is 12.1 Å². The average Bonchev–Trinajstić information content (AvgIpc) is 2.08. The van der Waals surface area contributed by atoms with Crippen LogP contribution in [0.25, 0.3) is 0 Å². The number of anilines is 1. The van der Waals surface area contributed by atoms with E-state index in [-0.39, 0.29) is 11.4 Å². The van der Waals surface area contributed by atoms with Crippen molar-refractivity contribution >= 4 is 5.69 Å². The van der Waals surface area contributed by atoms with Gasteiger partial charge in [-0.1, -0.05) is 0 Å². The van der Waals surface area contributed by atoms with Gasteiger partial charge in [-0.3, -0.25) is 0 Å². The Labute approximate surface area is 69.2 Å². The highest BCUT2D eigenvalue weighted by Crippen LogP contribution is 2.23. The molecule has 66 valence electrons. The Bertz CT molecular complexity index is 259. The fourth-order valence-corrected chi connectivity index (χ4v) is 0.877. The largest absolute Gasteiger partial charge is 0.494 e. The molecular weight excluding hydrogens is 164 g/mol. The third kappa shape index (κ3) is 1.47. The van der Waals surface area contributed by atoms with E-state index in [1.165, 1.54) is 14.2 Å². The highest BCUT2D eigenvalue weighted by Gasteiger charge is 2.08. The van der Waals surface area contributed by atoms with Crippen LogP contribution in [0.15, 0.2) is 12.1 Å². The van der Waals surface area contributed by atoms with Crippen LogP contribution >= 0.6 is 0 Å². The average molecular weight is 173 g/mol. The lowest BCUT2D eigenvalue weighted by molar-refractivity contribution is 0.383. The second-order valence-corrected chi connectivity index (χ2v) is 2.22. The first-order valence-electron chi connectivity index (χ1n) is 3.40. The third-order valence-corrected chi connectivity index (χ3v) is 1.51. The Kier molecular flexibility index (Phi) is 2.47. The lowest BCUT2D eigenvalue weighted by Gasteiger charge is -2.05. The molecule has 0 radical (unpaired) electrons. The normalized spacial score (nSPS) is 9.67. The number of benzene rings is 1. The highest BCUT2D eigenvalue weighted by molar-refractivity contribution is 5.48. The van der Waals surface area contributed by atoms with Crippen LogP contribution in [0.1, 0.15) is 0 Å². The molecule has 12 heavy (non-hydrogen) atoms. The predicted octanol–water partition coefficient (Wildman–Crippen LogP) is 2.02. The summed E-state index contributed by atoms with van der Waals surface area (Å²) in [5, 5.41) is 2.52. The van der Waals surface area contributed by atoms with Crippen molar-refractivity contribution in [3.8, 4) is 5.75 Å². The summed E-state index contributed by atoms with van der Waals surface area (Å²) in [6, 6.07) is 2.05. The fourth-order valence-electron chi connectivity index (χ4n) is 0.877. The first-order valence-corrected chi connectivity index (χ1v) is 3.40. The summed E-state index contributed by atoms with van der Waals surface area (Å²) in [6.07, 6.45) is 0. The number of rotatable bonds is 2. The first kappa shape index (κ1) is 8.77. The Hall–Kier alpha value is -1.32. The SMILES string of the molecule is CNc1cc(F)c(OC)cc1F. The van der Waals surface area contributed by atoms with Gasteiger partial charge in [0.15, 0.2) is 11.6 Å². The van der Waals surface area contributed by atoms with Crippen molar-refractivity contribution in [2.24, 2.45) is 0 Å². The summed E-state index contributed by atoms with van der Waals surface area (Å²) in [5.41, 5.74) is 0.119. The van der Waals surface area contributed by atoms with Crippen molar-refractivity contribution in [1.29, 1.82) is 0 Å². The van der Waals surface area contributed by atoms with Gasteiger partial charge in [0.25, 0.3) is 0 Å². The molecule has 1 rings (SSSR count). The van der Waals surface area contributed by atoms with Crippen LogP contribution in [-0.4, -0.2) is 14.2 Å². The topological polar surface area (TPSA) is 21.3 Å². The molecule has 4 heteroatoms. The molecule has 1 aromatic rings. The Morgan fingerprint density at radius 3 is 2.42 bits per heavy atom. The minimum Gasteiger partial charge on any atom is -0.494 e. The molecule has 0 aliphatic rings. The molecule has 0 bridgehead atoms. The van der Waals surface area contributed by atoms with E-state index in [9.17, 15) is 8.78 Å². The van der Waals surface area contributed by atoms with Gasteiger partial charge >= 0.3 is 0 Å². The molecule has 2 nitrogen and oxygen atoms in total. The van der Waals surface area contributed by atoms with Crippen LogP contribution < -0.4 is 10.1 Å². The van der Waals surface area contributed by atoms with E-state index in [1.807, 2.05) is 0 Å². The van der Waals surface area contributed by atoms with Gasteiger partial charge in [-0.2, -0.15) is 0 Å². The molecule has 0 saturated carbocycles. The van der Waals surface area contributed by atoms with Crippen molar-refractivity contribution in [2.75, 3.05) is 19.5 Å². The highest BCUT2D eigenvalue weighted by atomic mass is 19.1. The summed E-state index contributed by atoms with van der Waals surface area (Å²) in [4.78, 5) is 0. The molecule has 0 heterocycles. The molecule has 0 fully saturated rings. The molecule has 1 aromatic carbocycles. The zero-order valence-corrected chi connectivity index (χ0v) is 6.82.